The number of carbonyl (C=O) groups is 1. The van der Waals surface area contributed by atoms with Gasteiger partial charge >= 0.3 is 0 Å². The molecule has 5 atom stereocenters. The SMILES string of the molecule is NC1C2CCC(C2)C1C(=O)N1CCCC1C1CCCC1. The maximum absolute atomic E-state index is 13.1. The van der Waals surface area contributed by atoms with E-state index in [0.717, 1.165) is 12.5 Å². The summed E-state index contributed by atoms with van der Waals surface area (Å²) in [6, 6.07) is 0.711. The van der Waals surface area contributed by atoms with E-state index in [2.05, 4.69) is 4.90 Å². The number of rotatable bonds is 2. The molecule has 3 aliphatic carbocycles. The zero-order valence-corrected chi connectivity index (χ0v) is 12.5. The minimum absolute atomic E-state index is 0.158. The van der Waals surface area contributed by atoms with E-state index in [0.29, 0.717) is 23.8 Å². The lowest BCUT2D eigenvalue weighted by Crippen LogP contribution is -2.49. The van der Waals surface area contributed by atoms with Crippen LogP contribution in [0.2, 0.25) is 0 Å². The molecular weight excluding hydrogens is 248 g/mol. The van der Waals surface area contributed by atoms with Gasteiger partial charge in [0.25, 0.3) is 0 Å². The molecule has 4 aliphatic rings. The number of nitrogens with two attached hydrogens (primary N) is 1. The second kappa shape index (κ2) is 5.01. The van der Waals surface area contributed by atoms with Crippen molar-refractivity contribution in [3.63, 3.8) is 0 Å². The smallest absolute Gasteiger partial charge is 0.227 e. The Kier molecular flexibility index (Phi) is 3.29. The molecule has 1 saturated heterocycles. The van der Waals surface area contributed by atoms with Crippen LogP contribution in [0.5, 0.6) is 0 Å². The summed E-state index contributed by atoms with van der Waals surface area (Å²) >= 11 is 0. The van der Waals surface area contributed by atoms with Crippen LogP contribution in [0, 0.1) is 23.7 Å². The van der Waals surface area contributed by atoms with Gasteiger partial charge in [-0.25, -0.2) is 0 Å². The van der Waals surface area contributed by atoms with Gasteiger partial charge in [0.15, 0.2) is 0 Å². The molecule has 4 rings (SSSR count). The number of fused-ring (bicyclic) bond motifs is 2. The molecule has 2 bridgehead atoms. The van der Waals surface area contributed by atoms with Crippen molar-refractivity contribution in [1.29, 1.82) is 0 Å². The number of hydrogen-bond acceptors (Lipinski definition) is 2. The Hall–Kier alpha value is -0.570. The first-order chi connectivity index (χ1) is 9.75. The molecule has 1 aliphatic heterocycles. The quantitative estimate of drug-likeness (QED) is 0.842. The highest BCUT2D eigenvalue weighted by atomic mass is 16.2. The van der Waals surface area contributed by atoms with Gasteiger partial charge in [-0.05, 0) is 62.7 Å². The molecule has 5 unspecified atom stereocenters. The molecule has 20 heavy (non-hydrogen) atoms. The van der Waals surface area contributed by atoms with Gasteiger partial charge in [-0.15, -0.1) is 0 Å². The van der Waals surface area contributed by atoms with Crippen molar-refractivity contribution >= 4 is 5.91 Å². The predicted molar refractivity (Wildman–Crippen MR) is 79.0 cm³/mol. The summed E-state index contributed by atoms with van der Waals surface area (Å²) in [6.07, 6.45) is 11.6. The second-order valence-electron chi connectivity index (χ2n) is 7.72. The van der Waals surface area contributed by atoms with E-state index in [-0.39, 0.29) is 12.0 Å². The Labute approximate surface area is 122 Å². The third-order valence-corrected chi connectivity index (χ3v) is 6.79. The Balaban J connectivity index is 1.50. The zero-order chi connectivity index (χ0) is 13.7. The average molecular weight is 276 g/mol. The maximum Gasteiger partial charge on any atom is 0.227 e. The minimum Gasteiger partial charge on any atom is -0.339 e. The number of nitrogens with zero attached hydrogens (tertiary/aromatic N) is 1. The van der Waals surface area contributed by atoms with E-state index in [1.807, 2.05) is 0 Å². The molecule has 3 heteroatoms. The average Bonchev–Trinajstić information content (AvgIpc) is 3.20. The number of amides is 1. The molecule has 3 saturated carbocycles. The minimum atomic E-state index is 0.158. The van der Waals surface area contributed by atoms with Gasteiger partial charge in [0.2, 0.25) is 5.91 Å². The molecule has 3 nitrogen and oxygen atoms in total. The van der Waals surface area contributed by atoms with E-state index in [4.69, 9.17) is 5.73 Å². The van der Waals surface area contributed by atoms with Crippen molar-refractivity contribution in [1.82, 2.24) is 4.90 Å². The fraction of sp³-hybridized carbons (Fsp3) is 0.941. The molecule has 0 aromatic rings. The van der Waals surface area contributed by atoms with E-state index in [1.54, 1.807) is 0 Å². The van der Waals surface area contributed by atoms with E-state index in [1.165, 1.54) is 57.8 Å². The zero-order valence-electron chi connectivity index (χ0n) is 12.5. The summed E-state index contributed by atoms with van der Waals surface area (Å²) in [6.45, 7) is 1.00. The van der Waals surface area contributed by atoms with Gasteiger partial charge < -0.3 is 10.6 Å². The first-order valence-corrected chi connectivity index (χ1v) is 8.82. The van der Waals surface area contributed by atoms with Gasteiger partial charge in [0.1, 0.15) is 0 Å². The van der Waals surface area contributed by atoms with E-state index < -0.39 is 0 Å². The first kappa shape index (κ1) is 13.1. The fourth-order valence-corrected chi connectivity index (χ4v) is 5.79. The van der Waals surface area contributed by atoms with Gasteiger partial charge in [-0.1, -0.05) is 12.8 Å². The molecule has 2 N–H and O–H groups in total. The normalized spacial score (nSPS) is 44.6. The van der Waals surface area contributed by atoms with E-state index in [9.17, 15) is 4.79 Å². The van der Waals surface area contributed by atoms with Crippen molar-refractivity contribution < 1.29 is 4.79 Å². The van der Waals surface area contributed by atoms with Crippen molar-refractivity contribution in [2.45, 2.75) is 69.9 Å². The van der Waals surface area contributed by atoms with Crippen LogP contribution in [0.15, 0.2) is 0 Å². The Morgan fingerprint density at radius 2 is 1.65 bits per heavy atom. The monoisotopic (exact) mass is 276 g/mol. The summed E-state index contributed by atoms with van der Waals surface area (Å²) < 4.78 is 0. The molecular formula is C17H28N2O. The summed E-state index contributed by atoms with van der Waals surface area (Å²) in [5.74, 6) is 2.62. The van der Waals surface area contributed by atoms with Gasteiger partial charge in [-0.2, -0.15) is 0 Å². The molecule has 112 valence electrons. The molecule has 0 aromatic carbocycles. The van der Waals surface area contributed by atoms with Gasteiger partial charge in [0, 0.05) is 18.6 Å². The van der Waals surface area contributed by atoms with Gasteiger partial charge in [0.05, 0.1) is 5.92 Å². The molecule has 0 radical (unpaired) electrons. The molecule has 0 aromatic heterocycles. The van der Waals surface area contributed by atoms with Crippen molar-refractivity contribution in [3.8, 4) is 0 Å². The highest BCUT2D eigenvalue weighted by Crippen LogP contribution is 2.49. The fourth-order valence-electron chi connectivity index (χ4n) is 5.79. The van der Waals surface area contributed by atoms with Crippen LogP contribution in [0.1, 0.15) is 57.8 Å². The number of hydrogen-bond donors (Lipinski definition) is 1. The topological polar surface area (TPSA) is 46.3 Å². The lowest BCUT2D eigenvalue weighted by Gasteiger charge is -2.35. The van der Waals surface area contributed by atoms with Crippen molar-refractivity contribution in [2.24, 2.45) is 29.4 Å². The molecule has 4 fully saturated rings. The van der Waals surface area contributed by atoms with Crippen LogP contribution in [0.25, 0.3) is 0 Å². The lowest BCUT2D eigenvalue weighted by molar-refractivity contribution is -0.139. The van der Waals surface area contributed by atoms with Crippen molar-refractivity contribution in [2.75, 3.05) is 6.54 Å². The Bertz CT molecular complexity index is 388. The maximum atomic E-state index is 13.1. The summed E-state index contributed by atoms with van der Waals surface area (Å²) in [7, 11) is 0. The second-order valence-corrected chi connectivity index (χ2v) is 7.72. The third-order valence-electron chi connectivity index (χ3n) is 6.79. The van der Waals surface area contributed by atoms with E-state index >= 15 is 0 Å². The van der Waals surface area contributed by atoms with Crippen LogP contribution in [0.4, 0.5) is 0 Å². The lowest BCUT2D eigenvalue weighted by atomic mass is 9.83. The number of likely N-dealkylation sites (tertiary alicyclic amines) is 1. The first-order valence-electron chi connectivity index (χ1n) is 8.82. The van der Waals surface area contributed by atoms with Crippen LogP contribution < -0.4 is 5.73 Å². The van der Waals surface area contributed by atoms with Crippen LogP contribution in [-0.2, 0) is 4.79 Å². The summed E-state index contributed by atoms with van der Waals surface area (Å²) in [4.78, 5) is 15.3. The molecule has 1 heterocycles. The molecule has 0 spiro atoms. The Morgan fingerprint density at radius 1 is 0.900 bits per heavy atom. The van der Waals surface area contributed by atoms with Crippen LogP contribution in [-0.4, -0.2) is 29.4 Å². The summed E-state index contributed by atoms with van der Waals surface area (Å²) in [5.41, 5.74) is 6.38. The summed E-state index contributed by atoms with van der Waals surface area (Å²) in [5, 5.41) is 0. The highest BCUT2D eigenvalue weighted by molar-refractivity contribution is 5.81. The standard InChI is InChI=1S/C17H28N2O/c18-16-13-8-7-12(10-13)15(16)17(20)19-9-3-6-14(19)11-4-1-2-5-11/h11-16H,1-10,18H2. The number of carbonyl (C=O) groups excluding carboxylic acids is 1. The van der Waals surface area contributed by atoms with Gasteiger partial charge in [-0.3, -0.25) is 4.79 Å². The molecule has 1 amide bonds. The van der Waals surface area contributed by atoms with Crippen LogP contribution >= 0.6 is 0 Å². The Morgan fingerprint density at radius 3 is 2.35 bits per heavy atom. The third kappa shape index (κ3) is 1.93. The van der Waals surface area contributed by atoms with Crippen molar-refractivity contribution in [3.05, 3.63) is 0 Å². The highest BCUT2D eigenvalue weighted by Gasteiger charge is 2.51. The largest absolute Gasteiger partial charge is 0.339 e. The van der Waals surface area contributed by atoms with Crippen LogP contribution in [0.3, 0.4) is 0 Å². The predicted octanol–water partition coefficient (Wildman–Crippen LogP) is 2.54.